The van der Waals surface area contributed by atoms with Crippen molar-refractivity contribution >= 4 is 17.6 Å². The Hall–Kier alpha value is -3.44. The van der Waals surface area contributed by atoms with Crippen molar-refractivity contribution < 1.29 is 26.0 Å². The maximum Gasteiger partial charge on any atom is 0.279 e. The van der Waals surface area contributed by atoms with E-state index in [0.29, 0.717) is 17.6 Å². The first-order valence-corrected chi connectivity index (χ1v) is 10.9. The highest BCUT2D eigenvalue weighted by atomic mass is 16.4. The van der Waals surface area contributed by atoms with E-state index in [-0.39, 0.29) is 54.3 Å². The summed E-state index contributed by atoms with van der Waals surface area (Å²) in [7, 11) is 0. The average Bonchev–Trinajstić information content (AvgIpc) is 2.91. The number of benzene rings is 3. The highest BCUT2D eigenvalue weighted by Gasteiger charge is 2.27. The number of carbonyl (C=O) groups excluding carboxylic acids is 2. The van der Waals surface area contributed by atoms with Crippen molar-refractivity contribution in [2.45, 2.75) is 34.2 Å². The molecule has 0 unspecified atom stereocenters. The molecule has 3 rings (SSSR count). The first-order valence-electron chi connectivity index (χ1n) is 13.4. The minimum atomic E-state index is -1.13. The highest BCUT2D eigenvalue weighted by molar-refractivity contribution is 5.93. The number of rotatable bonds is 8. The van der Waals surface area contributed by atoms with Crippen LogP contribution >= 0.6 is 0 Å². The fourth-order valence-corrected chi connectivity index (χ4v) is 3.49. The summed E-state index contributed by atoms with van der Waals surface area (Å²) in [6, 6.07) is 12.4. The van der Waals surface area contributed by atoms with Crippen molar-refractivity contribution in [3.63, 3.8) is 0 Å². The maximum absolute atomic E-state index is 12.9. The Morgan fingerprint density at radius 3 is 1.97 bits per heavy atom. The number of nitrogens with one attached hydrogen (secondary N) is 1. The summed E-state index contributed by atoms with van der Waals surface area (Å²) < 4.78 is 40.3. The molecule has 0 radical (unpaired) electrons. The third-order valence-electron chi connectivity index (χ3n) is 5.62. The number of anilines is 1. The average molecular weight is 452 g/mol. The number of para-hydroxylation sites is 1. The van der Waals surface area contributed by atoms with Crippen LogP contribution < -0.4 is 10.4 Å². The minimum absolute atomic E-state index is 0.154. The van der Waals surface area contributed by atoms with Crippen LogP contribution in [0.5, 0.6) is 0 Å². The molecule has 0 aliphatic rings. The fourth-order valence-electron chi connectivity index (χ4n) is 3.49. The summed E-state index contributed by atoms with van der Waals surface area (Å²) in [6.45, 7) is 9.33. The molecule has 3 aromatic rings. The molecule has 0 atom stereocenters. The number of amides is 1. The third-order valence-corrected chi connectivity index (χ3v) is 5.62. The number of hydrogen-bond donors (Lipinski definition) is 1. The maximum atomic E-state index is 12.9. The summed E-state index contributed by atoms with van der Waals surface area (Å²) in [5.74, 6) is -1.28. The van der Waals surface area contributed by atoms with Gasteiger partial charge in [-0.2, -0.15) is 0 Å². The number of hydrogen-bond acceptors (Lipinski definition) is 3. The first kappa shape index (κ1) is 19.1. The van der Waals surface area contributed by atoms with Crippen LogP contribution in [0, 0.1) is 13.8 Å². The van der Waals surface area contributed by atoms with Gasteiger partial charge in [-0.3, -0.25) is 4.79 Å². The Kier molecular flexibility index (Phi) is 7.26. The van der Waals surface area contributed by atoms with E-state index in [4.69, 9.17) is 6.85 Å². The molecule has 1 N–H and O–H groups in total. The molecule has 0 fully saturated rings. The van der Waals surface area contributed by atoms with Gasteiger partial charge in [0.15, 0.2) is 6.54 Å². The molecule has 0 spiro atoms. The molecule has 5 heteroatoms. The van der Waals surface area contributed by atoms with Crippen LogP contribution in [0.25, 0.3) is 0 Å². The lowest BCUT2D eigenvalue weighted by atomic mass is 10.1. The van der Waals surface area contributed by atoms with E-state index in [1.165, 1.54) is 12.1 Å². The number of carboxylic acids is 1. The molecular weight excluding hydrogens is 412 g/mol. The Morgan fingerprint density at radius 2 is 1.48 bits per heavy atom. The standard InChI is InChI=1S/C21H28N2O.C7H6O2/c1-5-23(6-2,15-19-13-8-7-9-14-19)16-20(24)22-21-17(3)11-10-12-18(21)4;8-7(9)6-4-2-1-3-5-6/h7-14H,5-6,15-16H2,1-4H3;1-5H,(H,8,9)/i7D,8D,9D,13D,14D;. The van der Waals surface area contributed by atoms with Gasteiger partial charge in [0.2, 0.25) is 0 Å². The quantitative estimate of drug-likeness (QED) is 0.518. The van der Waals surface area contributed by atoms with Gasteiger partial charge in [0.1, 0.15) is 6.54 Å². The first-order chi connectivity index (χ1) is 17.9. The molecule has 0 aliphatic carbocycles. The van der Waals surface area contributed by atoms with Gasteiger partial charge in [-0.05, 0) is 44.4 Å². The molecule has 0 saturated heterocycles. The molecule has 3 aromatic carbocycles. The number of carboxylic acid groups (broad SMARTS) is 1. The van der Waals surface area contributed by atoms with Crippen molar-refractivity contribution in [2.75, 3.05) is 25.0 Å². The number of nitrogens with zero attached hydrogens (tertiary/aromatic N) is 1. The lowest BCUT2D eigenvalue weighted by Crippen LogP contribution is -2.51. The van der Waals surface area contributed by atoms with Crippen molar-refractivity contribution in [1.29, 1.82) is 0 Å². The zero-order valence-corrected chi connectivity index (χ0v) is 19.6. The molecule has 174 valence electrons. The SMILES string of the molecule is O=C([O-])c1ccccc1.[2H]c1c([2H])c([2H])c(C[N+](CC)(CC)CC(=O)Nc2c(C)cccc2C)c([2H])c1[2H]. The molecule has 0 aliphatic heterocycles. The topological polar surface area (TPSA) is 69.2 Å². The second-order valence-corrected chi connectivity index (χ2v) is 7.86. The summed E-state index contributed by atoms with van der Waals surface area (Å²) in [5, 5.41) is 13.1. The van der Waals surface area contributed by atoms with E-state index in [0.717, 1.165) is 16.8 Å². The van der Waals surface area contributed by atoms with Gasteiger partial charge in [-0.1, -0.05) is 78.7 Å². The zero-order chi connectivity index (χ0) is 28.6. The van der Waals surface area contributed by atoms with Crippen molar-refractivity contribution in [3.05, 3.63) is 101 Å². The van der Waals surface area contributed by atoms with Crippen molar-refractivity contribution in [3.8, 4) is 0 Å². The Morgan fingerprint density at radius 1 is 0.909 bits per heavy atom. The van der Waals surface area contributed by atoms with Gasteiger partial charge in [0, 0.05) is 11.3 Å². The molecule has 0 bridgehead atoms. The van der Waals surface area contributed by atoms with Crippen LogP contribution in [-0.4, -0.2) is 36.0 Å². The molecule has 33 heavy (non-hydrogen) atoms. The van der Waals surface area contributed by atoms with E-state index in [1.807, 2.05) is 45.9 Å². The van der Waals surface area contributed by atoms with Crippen LogP contribution in [0.1, 0.15) is 47.7 Å². The van der Waals surface area contributed by atoms with Crippen molar-refractivity contribution in [2.24, 2.45) is 0 Å². The van der Waals surface area contributed by atoms with Gasteiger partial charge >= 0.3 is 0 Å². The van der Waals surface area contributed by atoms with E-state index in [2.05, 4.69) is 5.32 Å². The fraction of sp³-hybridized carbons (Fsp3) is 0.286. The van der Waals surface area contributed by atoms with Gasteiger partial charge < -0.3 is 19.7 Å². The summed E-state index contributed by atoms with van der Waals surface area (Å²) in [6.07, 6.45) is 0. The Balaban J connectivity index is 0.000000474. The number of carbonyl (C=O) groups is 2. The largest absolute Gasteiger partial charge is 0.545 e. The number of aromatic carboxylic acids is 1. The van der Waals surface area contributed by atoms with Crippen LogP contribution in [-0.2, 0) is 11.3 Å². The van der Waals surface area contributed by atoms with Gasteiger partial charge in [-0.25, -0.2) is 0 Å². The molecular formula is C28H34N2O3. The number of likely N-dealkylation sites (N-methyl/N-ethyl adjacent to an activating group) is 1. The van der Waals surface area contributed by atoms with E-state index >= 15 is 0 Å². The third kappa shape index (κ3) is 7.88. The van der Waals surface area contributed by atoms with Gasteiger partial charge in [0.25, 0.3) is 5.91 Å². The Bertz CT molecular complexity index is 1250. The Labute approximate surface area is 204 Å². The predicted molar refractivity (Wildman–Crippen MR) is 132 cm³/mol. The summed E-state index contributed by atoms with van der Waals surface area (Å²) in [4.78, 5) is 23.0. The molecule has 0 heterocycles. The van der Waals surface area contributed by atoms with Crippen LogP contribution in [0.4, 0.5) is 5.69 Å². The normalized spacial score (nSPS) is 12.8. The molecule has 1 amide bonds. The van der Waals surface area contributed by atoms with Crippen LogP contribution in [0.2, 0.25) is 0 Å². The smallest absolute Gasteiger partial charge is 0.279 e. The van der Waals surface area contributed by atoms with E-state index in [9.17, 15) is 14.7 Å². The summed E-state index contributed by atoms with van der Waals surface area (Å²) >= 11 is 0. The zero-order valence-electron chi connectivity index (χ0n) is 24.6. The molecule has 5 nitrogen and oxygen atoms in total. The lowest BCUT2D eigenvalue weighted by Gasteiger charge is -2.36. The summed E-state index contributed by atoms with van der Waals surface area (Å²) in [5.41, 5.74) is 3.23. The predicted octanol–water partition coefficient (Wildman–Crippen LogP) is 4.35. The van der Waals surface area contributed by atoms with Crippen LogP contribution in [0.3, 0.4) is 0 Å². The van der Waals surface area contributed by atoms with Crippen molar-refractivity contribution in [1.82, 2.24) is 0 Å². The highest BCUT2D eigenvalue weighted by Crippen LogP contribution is 2.20. The second kappa shape index (κ2) is 12.6. The number of quaternary nitrogens is 1. The van der Waals surface area contributed by atoms with Crippen LogP contribution in [0.15, 0.2) is 78.7 Å². The minimum Gasteiger partial charge on any atom is -0.545 e. The van der Waals surface area contributed by atoms with E-state index < -0.39 is 12.0 Å². The second-order valence-electron chi connectivity index (χ2n) is 7.86. The van der Waals surface area contributed by atoms with Gasteiger partial charge in [0.05, 0.1) is 25.9 Å². The molecule has 0 aromatic heterocycles. The van der Waals surface area contributed by atoms with Gasteiger partial charge in [-0.15, -0.1) is 0 Å². The molecule has 0 saturated carbocycles. The number of aryl methyl sites for hydroxylation is 2. The van der Waals surface area contributed by atoms with E-state index in [1.54, 1.807) is 18.2 Å². The monoisotopic (exact) mass is 451 g/mol. The lowest BCUT2D eigenvalue weighted by molar-refractivity contribution is -0.930.